The molecule has 3 N–H and O–H groups in total. The number of halogens is 1. The highest BCUT2D eigenvalue weighted by atomic mass is 79.9. The lowest BCUT2D eigenvalue weighted by atomic mass is 10.2. The van der Waals surface area contributed by atoms with E-state index in [0.29, 0.717) is 34.9 Å². The maximum atomic E-state index is 12.7. The second-order valence-corrected chi connectivity index (χ2v) is 8.38. The summed E-state index contributed by atoms with van der Waals surface area (Å²) in [7, 11) is 0. The molecule has 1 aromatic heterocycles. The number of hydrogen-bond acceptors (Lipinski definition) is 5. The van der Waals surface area contributed by atoms with Crippen molar-refractivity contribution in [2.75, 3.05) is 5.32 Å². The lowest BCUT2D eigenvalue weighted by Gasteiger charge is -2.15. The third-order valence-electron chi connectivity index (χ3n) is 4.18. The van der Waals surface area contributed by atoms with Crippen LogP contribution in [0.15, 0.2) is 69.8 Å². The highest BCUT2D eigenvalue weighted by molar-refractivity contribution is 9.10. The Labute approximate surface area is 199 Å². The first-order valence-electron chi connectivity index (χ1n) is 9.81. The van der Waals surface area contributed by atoms with Gasteiger partial charge in [0.1, 0.15) is 11.5 Å². The smallest absolute Gasteiger partial charge is 0.261 e. The molecule has 0 aliphatic carbocycles. The number of ether oxygens (including phenoxy) is 1. The van der Waals surface area contributed by atoms with Gasteiger partial charge in [-0.1, -0.05) is 15.9 Å². The van der Waals surface area contributed by atoms with Crippen molar-refractivity contribution in [2.45, 2.75) is 26.5 Å². The van der Waals surface area contributed by atoms with E-state index in [-0.39, 0.29) is 17.1 Å². The molecule has 0 unspecified atom stereocenters. The Balaban J connectivity index is 1.57. The molecule has 0 atom stereocenters. The zero-order chi connectivity index (χ0) is 23.1. The molecule has 0 aliphatic heterocycles. The van der Waals surface area contributed by atoms with Crippen molar-refractivity contribution in [3.8, 4) is 5.75 Å². The Kier molecular flexibility index (Phi) is 8.02. The van der Waals surface area contributed by atoms with E-state index in [2.05, 4.69) is 31.9 Å². The van der Waals surface area contributed by atoms with E-state index in [9.17, 15) is 9.59 Å². The summed E-state index contributed by atoms with van der Waals surface area (Å²) >= 11 is 8.63. The molecule has 0 bridgehead atoms. The molecule has 166 valence electrons. The Morgan fingerprint density at radius 2 is 1.84 bits per heavy atom. The third-order valence-corrected chi connectivity index (χ3v) is 4.88. The van der Waals surface area contributed by atoms with E-state index in [1.807, 2.05) is 13.8 Å². The molecule has 32 heavy (non-hydrogen) atoms. The van der Waals surface area contributed by atoms with Gasteiger partial charge in [-0.05, 0) is 80.7 Å². The monoisotopic (exact) mass is 515 g/mol. The average molecular weight is 516 g/mol. The minimum absolute atomic E-state index is 0.0809. The van der Waals surface area contributed by atoms with Gasteiger partial charge in [0.2, 0.25) is 0 Å². The quantitative estimate of drug-likeness (QED) is 0.388. The first-order valence-corrected chi connectivity index (χ1v) is 11.0. The molecule has 1 heterocycles. The summed E-state index contributed by atoms with van der Waals surface area (Å²) in [4.78, 5) is 25.0. The van der Waals surface area contributed by atoms with Gasteiger partial charge >= 0.3 is 0 Å². The van der Waals surface area contributed by atoms with Crippen molar-refractivity contribution in [2.24, 2.45) is 0 Å². The van der Waals surface area contributed by atoms with Crippen LogP contribution in [0.25, 0.3) is 0 Å². The van der Waals surface area contributed by atoms with Crippen LogP contribution in [0, 0.1) is 0 Å². The zero-order valence-corrected chi connectivity index (χ0v) is 19.9. The summed E-state index contributed by atoms with van der Waals surface area (Å²) < 4.78 is 11.7. The van der Waals surface area contributed by atoms with Crippen LogP contribution in [0.2, 0.25) is 0 Å². The molecular formula is C23H22BrN3O4S. The first kappa shape index (κ1) is 23.5. The molecule has 2 aromatic carbocycles. The molecule has 0 fully saturated rings. The van der Waals surface area contributed by atoms with Gasteiger partial charge in [-0.2, -0.15) is 0 Å². The van der Waals surface area contributed by atoms with Gasteiger partial charge in [-0.3, -0.25) is 14.9 Å². The normalized spacial score (nSPS) is 10.5. The number of carbonyl (C=O) groups excluding carboxylic acids is 2. The number of hydrogen-bond donors (Lipinski definition) is 3. The average Bonchev–Trinajstić information content (AvgIpc) is 3.27. The van der Waals surface area contributed by atoms with Crippen LogP contribution in [0.1, 0.15) is 40.3 Å². The van der Waals surface area contributed by atoms with Crippen molar-refractivity contribution < 1.29 is 18.7 Å². The molecule has 3 aromatic rings. The third kappa shape index (κ3) is 6.66. The zero-order valence-electron chi connectivity index (χ0n) is 17.5. The van der Waals surface area contributed by atoms with E-state index < -0.39 is 5.91 Å². The molecule has 0 radical (unpaired) electrons. The molecule has 7 nitrogen and oxygen atoms in total. The van der Waals surface area contributed by atoms with Gasteiger partial charge in [0.25, 0.3) is 11.8 Å². The van der Waals surface area contributed by atoms with Gasteiger partial charge < -0.3 is 19.8 Å². The molecule has 9 heteroatoms. The molecule has 3 rings (SSSR count). The van der Waals surface area contributed by atoms with E-state index in [4.69, 9.17) is 21.4 Å². The first-order chi connectivity index (χ1) is 15.3. The van der Waals surface area contributed by atoms with Crippen molar-refractivity contribution in [3.63, 3.8) is 0 Å². The number of thiocarbonyl (C=S) groups is 1. The fraction of sp³-hybridized carbons (Fsp3) is 0.174. The van der Waals surface area contributed by atoms with Gasteiger partial charge in [-0.25, -0.2) is 0 Å². The van der Waals surface area contributed by atoms with E-state index >= 15 is 0 Å². The largest absolute Gasteiger partial charge is 0.490 e. The van der Waals surface area contributed by atoms with E-state index in [0.717, 1.165) is 4.47 Å². The SMILES string of the molecule is CC(C)Oc1ccc(Br)cc1C(=O)NC(=S)Nc1ccc(C(=O)NCc2ccco2)cc1. The van der Waals surface area contributed by atoms with Crippen molar-refractivity contribution in [1.29, 1.82) is 0 Å². The highest BCUT2D eigenvalue weighted by Gasteiger charge is 2.16. The number of benzene rings is 2. The second-order valence-electron chi connectivity index (χ2n) is 7.05. The van der Waals surface area contributed by atoms with Gasteiger partial charge in [-0.15, -0.1) is 0 Å². The maximum Gasteiger partial charge on any atom is 0.261 e. The predicted octanol–water partition coefficient (Wildman–Crippen LogP) is 4.89. The minimum Gasteiger partial charge on any atom is -0.490 e. The highest BCUT2D eigenvalue weighted by Crippen LogP contribution is 2.24. The number of carbonyl (C=O) groups is 2. The Bertz CT molecular complexity index is 1100. The van der Waals surface area contributed by atoms with Crippen LogP contribution < -0.4 is 20.7 Å². The van der Waals surface area contributed by atoms with Crippen molar-refractivity contribution >= 4 is 50.8 Å². The Morgan fingerprint density at radius 3 is 2.50 bits per heavy atom. The topological polar surface area (TPSA) is 92.6 Å². The van der Waals surface area contributed by atoms with Crippen LogP contribution in [-0.4, -0.2) is 23.0 Å². The maximum absolute atomic E-state index is 12.7. The minimum atomic E-state index is -0.395. The molecule has 0 saturated heterocycles. The van der Waals surface area contributed by atoms with Gasteiger partial charge in [0, 0.05) is 15.7 Å². The van der Waals surface area contributed by atoms with Crippen molar-refractivity contribution in [3.05, 3.63) is 82.2 Å². The van der Waals surface area contributed by atoms with Crippen LogP contribution >= 0.6 is 28.1 Å². The lowest BCUT2D eigenvalue weighted by Crippen LogP contribution is -2.34. The molecule has 0 aliphatic rings. The summed E-state index contributed by atoms with van der Waals surface area (Å²) in [6.45, 7) is 4.08. The molecule has 0 saturated carbocycles. The number of rotatable bonds is 7. The van der Waals surface area contributed by atoms with Gasteiger partial charge in [0.05, 0.1) is 24.5 Å². The lowest BCUT2D eigenvalue weighted by molar-refractivity contribution is 0.0945. The van der Waals surface area contributed by atoms with Crippen LogP contribution in [0.3, 0.4) is 0 Å². The summed E-state index contributed by atoms with van der Waals surface area (Å²) in [6.07, 6.45) is 1.47. The van der Waals surface area contributed by atoms with E-state index in [1.54, 1.807) is 60.9 Å². The van der Waals surface area contributed by atoms with Crippen molar-refractivity contribution in [1.82, 2.24) is 10.6 Å². The number of amides is 2. The summed E-state index contributed by atoms with van der Waals surface area (Å²) in [5, 5.41) is 8.49. The van der Waals surface area contributed by atoms with Crippen LogP contribution in [0.5, 0.6) is 5.75 Å². The summed E-state index contributed by atoms with van der Waals surface area (Å²) in [5.74, 6) is 0.517. The van der Waals surface area contributed by atoms with E-state index in [1.165, 1.54) is 0 Å². The summed E-state index contributed by atoms with van der Waals surface area (Å²) in [6, 6.07) is 15.5. The Morgan fingerprint density at radius 1 is 1.09 bits per heavy atom. The second kappa shape index (κ2) is 10.9. The number of furan rings is 1. The fourth-order valence-electron chi connectivity index (χ4n) is 2.76. The summed E-state index contributed by atoms with van der Waals surface area (Å²) in [5.41, 5.74) is 1.48. The molecular weight excluding hydrogens is 494 g/mol. The molecule has 2 amide bonds. The standard InChI is InChI=1S/C23H22BrN3O4S/c1-14(2)31-20-10-7-16(24)12-19(20)22(29)27-23(32)26-17-8-5-15(6-9-17)21(28)25-13-18-4-3-11-30-18/h3-12,14H,13H2,1-2H3,(H,25,28)(H2,26,27,29,32). The number of anilines is 1. The van der Waals surface area contributed by atoms with Crippen LogP contribution in [0.4, 0.5) is 5.69 Å². The van der Waals surface area contributed by atoms with Crippen LogP contribution in [-0.2, 0) is 6.54 Å². The fourth-order valence-corrected chi connectivity index (χ4v) is 3.33. The predicted molar refractivity (Wildman–Crippen MR) is 130 cm³/mol. The molecule has 0 spiro atoms. The Hall–Kier alpha value is -3.17. The number of nitrogens with one attached hydrogen (secondary N) is 3. The van der Waals surface area contributed by atoms with Gasteiger partial charge in [0.15, 0.2) is 5.11 Å².